The minimum absolute atomic E-state index is 0. The smallest absolute Gasteiger partial charge is 0.167 e. The second-order valence-corrected chi connectivity index (χ2v) is 1.16. The first-order valence-electron chi connectivity index (χ1n) is 1.95. The maximum absolute atomic E-state index is 9.77. The normalized spacial score (nSPS) is 8.00. The standard InChI is InChI=1S/C3H3N3O2.Re/c7-6(8)5-3-1-2-4-5;/h1-3H;. The number of rotatable bonds is 1. The van der Waals surface area contributed by atoms with Crippen molar-refractivity contribution in [2.24, 2.45) is 0 Å². The monoisotopic (exact) mass is 300 g/mol. The van der Waals surface area contributed by atoms with E-state index in [1.807, 2.05) is 0 Å². The molecule has 0 unspecified atom stereocenters. The van der Waals surface area contributed by atoms with Gasteiger partial charge in [0.15, 0.2) is 6.20 Å². The number of nitro groups is 1. The van der Waals surface area contributed by atoms with Crippen LogP contribution in [-0.4, -0.2) is 14.9 Å². The Kier molecular flexibility index (Phi) is 3.06. The first-order chi connectivity index (χ1) is 3.80. The molecule has 49 valence electrons. The van der Waals surface area contributed by atoms with Gasteiger partial charge in [-0.15, -0.1) is 0 Å². The minimum atomic E-state index is -0.611. The van der Waals surface area contributed by atoms with Crippen molar-refractivity contribution in [1.29, 1.82) is 0 Å². The van der Waals surface area contributed by atoms with Crippen LogP contribution in [0.5, 0.6) is 0 Å². The molecule has 0 aliphatic heterocycles. The summed E-state index contributed by atoms with van der Waals surface area (Å²) >= 11 is 0. The zero-order valence-electron chi connectivity index (χ0n) is 4.27. The van der Waals surface area contributed by atoms with E-state index in [9.17, 15) is 10.1 Å². The van der Waals surface area contributed by atoms with Crippen LogP contribution in [0.4, 0.5) is 0 Å². The Morgan fingerprint density at radius 3 is 2.56 bits per heavy atom. The third kappa shape index (κ3) is 1.92. The van der Waals surface area contributed by atoms with Gasteiger partial charge in [0.05, 0.1) is 5.03 Å². The summed E-state index contributed by atoms with van der Waals surface area (Å²) in [4.78, 5) is 10.4. The van der Waals surface area contributed by atoms with Crippen molar-refractivity contribution in [2.45, 2.75) is 0 Å². The van der Waals surface area contributed by atoms with Crippen molar-refractivity contribution in [2.75, 3.05) is 0 Å². The largest absolute Gasteiger partial charge is 0.339 e. The molecule has 1 aromatic heterocycles. The van der Waals surface area contributed by atoms with Crippen molar-refractivity contribution >= 4 is 0 Å². The van der Waals surface area contributed by atoms with Crippen molar-refractivity contribution < 1.29 is 25.5 Å². The SMILES string of the molecule is O=[N+]([O-])n1cccn1.[Re]. The summed E-state index contributed by atoms with van der Waals surface area (Å²) in [5.41, 5.74) is 0. The first-order valence-corrected chi connectivity index (χ1v) is 1.95. The average molecular weight is 299 g/mol. The molecule has 0 spiro atoms. The number of nitrogens with zero attached hydrogens (tertiary/aromatic N) is 3. The molecule has 0 N–H and O–H groups in total. The molecule has 0 aliphatic rings. The van der Waals surface area contributed by atoms with E-state index in [0.29, 0.717) is 4.79 Å². The number of hydrogen-bond donors (Lipinski definition) is 0. The molecule has 0 saturated heterocycles. The van der Waals surface area contributed by atoms with Crippen LogP contribution in [0.3, 0.4) is 0 Å². The fraction of sp³-hybridized carbons (Fsp3) is 0. The molecular weight excluding hydrogens is 296 g/mol. The van der Waals surface area contributed by atoms with Crippen LogP contribution in [0.15, 0.2) is 18.5 Å². The molecular formula is C3H3N3O2Re. The zero-order chi connectivity index (χ0) is 5.98. The Balaban J connectivity index is 0.000000640. The van der Waals surface area contributed by atoms with E-state index in [1.54, 1.807) is 0 Å². The molecule has 1 heterocycles. The molecule has 1 radical (unpaired) electrons. The van der Waals surface area contributed by atoms with Crippen LogP contribution in [0.1, 0.15) is 0 Å². The third-order valence-corrected chi connectivity index (χ3v) is 0.658. The van der Waals surface area contributed by atoms with E-state index < -0.39 is 5.03 Å². The first kappa shape index (κ1) is 8.27. The maximum atomic E-state index is 9.77. The zero-order valence-corrected chi connectivity index (χ0v) is 6.98. The van der Waals surface area contributed by atoms with Gasteiger partial charge < -0.3 is 10.1 Å². The predicted octanol–water partition coefficient (Wildman–Crippen LogP) is -0.0796. The van der Waals surface area contributed by atoms with Gasteiger partial charge >= 0.3 is 0 Å². The van der Waals surface area contributed by atoms with Crippen molar-refractivity contribution in [3.8, 4) is 0 Å². The van der Waals surface area contributed by atoms with Gasteiger partial charge in [-0.05, 0) is 0 Å². The van der Waals surface area contributed by atoms with E-state index in [1.165, 1.54) is 18.5 Å². The van der Waals surface area contributed by atoms with Gasteiger partial charge in [-0.2, -0.15) is 0 Å². The maximum Gasteiger partial charge on any atom is 0.167 e. The molecule has 0 aromatic carbocycles. The van der Waals surface area contributed by atoms with Crippen molar-refractivity contribution in [1.82, 2.24) is 9.89 Å². The third-order valence-electron chi connectivity index (χ3n) is 0.658. The average Bonchev–Trinajstić information content (AvgIpc) is 2.12. The summed E-state index contributed by atoms with van der Waals surface area (Å²) in [7, 11) is 0. The van der Waals surface area contributed by atoms with Crippen molar-refractivity contribution in [3.63, 3.8) is 0 Å². The van der Waals surface area contributed by atoms with E-state index in [-0.39, 0.29) is 20.4 Å². The second-order valence-electron chi connectivity index (χ2n) is 1.16. The molecule has 0 fully saturated rings. The van der Waals surface area contributed by atoms with Gasteiger partial charge in [-0.3, -0.25) is 0 Å². The molecule has 9 heavy (non-hydrogen) atoms. The molecule has 0 bridgehead atoms. The Bertz CT molecular complexity index is 185. The van der Waals surface area contributed by atoms with Gasteiger partial charge in [-0.25, -0.2) is 0 Å². The van der Waals surface area contributed by atoms with Crippen LogP contribution >= 0.6 is 0 Å². The van der Waals surface area contributed by atoms with Crippen LogP contribution in [-0.2, 0) is 20.4 Å². The summed E-state index contributed by atoms with van der Waals surface area (Å²) < 4.78 is 0. The molecule has 0 amide bonds. The molecule has 0 saturated carbocycles. The topological polar surface area (TPSA) is 61.0 Å². The Morgan fingerprint density at radius 2 is 2.33 bits per heavy atom. The van der Waals surface area contributed by atoms with E-state index in [0.717, 1.165) is 0 Å². The van der Waals surface area contributed by atoms with Crippen LogP contribution in [0, 0.1) is 10.1 Å². The fourth-order valence-corrected chi connectivity index (χ4v) is 0.357. The summed E-state index contributed by atoms with van der Waals surface area (Å²) in [5, 5.41) is 12.5. The summed E-state index contributed by atoms with van der Waals surface area (Å²) in [6, 6.07) is 1.49. The van der Waals surface area contributed by atoms with Gasteiger partial charge in [0.1, 0.15) is 6.20 Å². The number of hydrogen-bond acceptors (Lipinski definition) is 3. The van der Waals surface area contributed by atoms with Crippen LogP contribution in [0.25, 0.3) is 0 Å². The van der Waals surface area contributed by atoms with Gasteiger partial charge in [0, 0.05) is 36.4 Å². The Morgan fingerprint density at radius 1 is 1.67 bits per heavy atom. The molecule has 5 nitrogen and oxygen atoms in total. The molecule has 6 heteroatoms. The summed E-state index contributed by atoms with van der Waals surface area (Å²) in [6.45, 7) is 0. The molecule has 0 atom stereocenters. The Hall–Kier alpha value is -0.728. The van der Waals surface area contributed by atoms with Gasteiger partial charge in [0.2, 0.25) is 0 Å². The fourth-order valence-electron chi connectivity index (χ4n) is 0.357. The Labute approximate surface area is 64.4 Å². The quantitative estimate of drug-likeness (QED) is 0.538. The van der Waals surface area contributed by atoms with E-state index in [4.69, 9.17) is 0 Å². The van der Waals surface area contributed by atoms with Crippen LogP contribution < -0.4 is 0 Å². The molecule has 1 rings (SSSR count). The summed E-state index contributed by atoms with van der Waals surface area (Å²) in [5.74, 6) is 0. The van der Waals surface area contributed by atoms with E-state index in [2.05, 4.69) is 5.10 Å². The van der Waals surface area contributed by atoms with E-state index >= 15 is 0 Å². The second kappa shape index (κ2) is 3.33. The summed E-state index contributed by atoms with van der Waals surface area (Å²) in [6.07, 6.45) is 2.61. The molecule has 0 aliphatic carbocycles. The predicted molar refractivity (Wildman–Crippen MR) is 24.6 cm³/mol. The molecule has 1 aromatic rings. The van der Waals surface area contributed by atoms with Gasteiger partial charge in [-0.1, -0.05) is 0 Å². The van der Waals surface area contributed by atoms with Crippen molar-refractivity contribution in [3.05, 3.63) is 28.6 Å². The number of aromatic nitrogens is 2. The van der Waals surface area contributed by atoms with Crippen LogP contribution in [0.2, 0.25) is 0 Å². The van der Waals surface area contributed by atoms with Gasteiger partial charge in [0.25, 0.3) is 0 Å². The minimum Gasteiger partial charge on any atom is -0.339 e.